The van der Waals surface area contributed by atoms with Gasteiger partial charge in [-0.2, -0.15) is 0 Å². The SMILES string of the molecule is CC(C)(C)N1[SiH2][SiH2]N(C(C)(C)C)[SiH2]1. The average molecular weight is 233 g/mol. The van der Waals surface area contributed by atoms with Gasteiger partial charge in [-0.15, -0.1) is 0 Å². The highest BCUT2D eigenvalue weighted by Gasteiger charge is 2.34. The van der Waals surface area contributed by atoms with E-state index in [0.29, 0.717) is 11.1 Å². The van der Waals surface area contributed by atoms with E-state index in [1.807, 2.05) is 0 Å². The molecule has 78 valence electrons. The van der Waals surface area contributed by atoms with Gasteiger partial charge in [-0.05, 0) is 52.6 Å². The highest BCUT2D eigenvalue weighted by Crippen LogP contribution is 2.19. The van der Waals surface area contributed by atoms with E-state index >= 15 is 0 Å². The van der Waals surface area contributed by atoms with Crippen molar-refractivity contribution in [3.05, 3.63) is 0 Å². The van der Waals surface area contributed by atoms with Crippen molar-refractivity contribution < 1.29 is 0 Å². The monoisotopic (exact) mass is 232 g/mol. The van der Waals surface area contributed by atoms with Crippen LogP contribution in [0.25, 0.3) is 0 Å². The second kappa shape index (κ2) is 3.62. The van der Waals surface area contributed by atoms with Gasteiger partial charge >= 0.3 is 0 Å². The predicted octanol–water partition coefficient (Wildman–Crippen LogP) is -0.718. The molecule has 0 bridgehead atoms. The Hall–Kier alpha value is 0.571. The summed E-state index contributed by atoms with van der Waals surface area (Å²) in [6.07, 6.45) is 0. The van der Waals surface area contributed by atoms with Crippen molar-refractivity contribution in [1.82, 2.24) is 8.46 Å². The van der Waals surface area contributed by atoms with E-state index in [1.165, 1.54) is 0 Å². The number of rotatable bonds is 0. The number of nitrogens with zero attached hydrogens (tertiary/aromatic N) is 2. The Bertz CT molecular complexity index is 163. The zero-order chi connectivity index (χ0) is 10.3. The molecule has 1 aliphatic rings. The van der Waals surface area contributed by atoms with Crippen LogP contribution in [0.1, 0.15) is 41.5 Å². The summed E-state index contributed by atoms with van der Waals surface area (Å²) in [6, 6.07) is 0. The Balaban J connectivity index is 2.55. The van der Waals surface area contributed by atoms with E-state index in [0.717, 1.165) is 0 Å². The molecule has 0 aromatic rings. The molecule has 0 aromatic heterocycles. The molecule has 0 aliphatic carbocycles. The molecule has 0 N–H and O–H groups in total. The first-order chi connectivity index (χ1) is 5.71. The summed E-state index contributed by atoms with van der Waals surface area (Å²) in [5, 5.41) is 0. The quantitative estimate of drug-likeness (QED) is 0.509. The van der Waals surface area contributed by atoms with Gasteiger partial charge in [0.05, 0.1) is 18.4 Å². The molecule has 0 atom stereocenters. The fourth-order valence-electron chi connectivity index (χ4n) is 1.68. The Morgan fingerprint density at radius 2 is 1.00 bits per heavy atom. The van der Waals surface area contributed by atoms with E-state index in [9.17, 15) is 0 Å². The van der Waals surface area contributed by atoms with E-state index in [2.05, 4.69) is 50.0 Å². The van der Waals surface area contributed by atoms with E-state index in [4.69, 9.17) is 0 Å². The van der Waals surface area contributed by atoms with Crippen LogP contribution in [-0.4, -0.2) is 47.8 Å². The van der Waals surface area contributed by atoms with Gasteiger partial charge in [0.25, 0.3) is 0 Å². The minimum absolute atomic E-state index is 0.0471. The van der Waals surface area contributed by atoms with Crippen molar-refractivity contribution in [2.75, 3.05) is 0 Å². The third-order valence-electron chi connectivity index (χ3n) is 2.88. The Kier molecular flexibility index (Phi) is 3.24. The maximum Gasteiger partial charge on any atom is 0.159 e. The van der Waals surface area contributed by atoms with Gasteiger partial charge in [0.1, 0.15) is 0 Å². The molecule has 1 rings (SSSR count). The average Bonchev–Trinajstić information content (AvgIpc) is 2.28. The van der Waals surface area contributed by atoms with Crippen LogP contribution in [0.3, 0.4) is 0 Å². The molecule has 1 heterocycles. The van der Waals surface area contributed by atoms with Crippen LogP contribution in [0.4, 0.5) is 0 Å². The molecular formula is C8H24N2Si3. The first-order valence-electron chi connectivity index (χ1n) is 5.21. The normalized spacial score (nSPS) is 28.2. The summed E-state index contributed by atoms with van der Waals surface area (Å²) in [5.41, 5.74) is 0.955. The minimum atomic E-state index is -0.0471. The summed E-state index contributed by atoms with van der Waals surface area (Å²) < 4.78 is 5.76. The van der Waals surface area contributed by atoms with Crippen LogP contribution >= 0.6 is 0 Å². The Morgan fingerprint density at radius 3 is 1.15 bits per heavy atom. The smallest absolute Gasteiger partial charge is 0.159 e. The molecule has 0 spiro atoms. The predicted molar refractivity (Wildman–Crippen MR) is 68.8 cm³/mol. The second-order valence-corrected chi connectivity index (χ2v) is 14.7. The molecule has 1 fully saturated rings. The van der Waals surface area contributed by atoms with Crippen molar-refractivity contribution in [2.45, 2.75) is 52.6 Å². The van der Waals surface area contributed by atoms with Crippen molar-refractivity contribution >= 4 is 28.2 Å². The van der Waals surface area contributed by atoms with Gasteiger partial charge in [0.2, 0.25) is 0 Å². The van der Waals surface area contributed by atoms with Gasteiger partial charge in [-0.1, -0.05) is 0 Å². The fourth-order valence-corrected chi connectivity index (χ4v) is 18.8. The molecule has 0 radical (unpaired) electrons. The molecule has 5 heteroatoms. The minimum Gasteiger partial charge on any atom is -0.340 e. The van der Waals surface area contributed by atoms with Gasteiger partial charge in [0, 0.05) is 0 Å². The van der Waals surface area contributed by atoms with Crippen LogP contribution < -0.4 is 0 Å². The van der Waals surface area contributed by atoms with E-state index in [1.54, 1.807) is 0 Å². The summed E-state index contributed by atoms with van der Waals surface area (Å²) in [5.74, 6) is 0. The third kappa shape index (κ3) is 3.02. The molecule has 0 saturated carbocycles. The van der Waals surface area contributed by atoms with Gasteiger partial charge < -0.3 is 8.46 Å². The number of hydrogen-bond acceptors (Lipinski definition) is 2. The lowest BCUT2D eigenvalue weighted by Crippen LogP contribution is -2.48. The summed E-state index contributed by atoms with van der Waals surface area (Å²) in [4.78, 5) is 0. The zero-order valence-corrected chi connectivity index (χ0v) is 14.3. The summed E-state index contributed by atoms with van der Waals surface area (Å²) in [6.45, 7) is 14.3. The maximum absolute atomic E-state index is 2.88. The van der Waals surface area contributed by atoms with Crippen molar-refractivity contribution in [3.8, 4) is 0 Å². The van der Waals surface area contributed by atoms with Crippen LogP contribution in [0.5, 0.6) is 0 Å². The lowest BCUT2D eigenvalue weighted by molar-refractivity contribution is 0.334. The summed E-state index contributed by atoms with van der Waals surface area (Å²) in [7, 11) is 0.324. The van der Waals surface area contributed by atoms with Crippen LogP contribution in [0.2, 0.25) is 0 Å². The van der Waals surface area contributed by atoms with E-state index < -0.39 is 0 Å². The van der Waals surface area contributed by atoms with Crippen LogP contribution in [0, 0.1) is 0 Å². The van der Waals surface area contributed by atoms with Crippen molar-refractivity contribution in [3.63, 3.8) is 0 Å². The third-order valence-corrected chi connectivity index (χ3v) is 19.4. The van der Waals surface area contributed by atoms with Crippen molar-refractivity contribution in [1.29, 1.82) is 0 Å². The first kappa shape index (κ1) is 11.6. The molecule has 0 aromatic carbocycles. The molecule has 13 heavy (non-hydrogen) atoms. The highest BCUT2D eigenvalue weighted by atomic mass is 29.2. The first-order valence-corrected chi connectivity index (χ1v) is 11.7. The van der Waals surface area contributed by atoms with Gasteiger partial charge in [-0.3, -0.25) is 0 Å². The topological polar surface area (TPSA) is 6.48 Å². The second-order valence-electron chi connectivity index (χ2n) is 6.01. The van der Waals surface area contributed by atoms with Crippen molar-refractivity contribution in [2.24, 2.45) is 0 Å². The molecule has 2 nitrogen and oxygen atoms in total. The highest BCUT2D eigenvalue weighted by molar-refractivity contribution is 7.05. The Labute approximate surface area is 89.6 Å². The lowest BCUT2D eigenvalue weighted by Gasteiger charge is -2.36. The van der Waals surface area contributed by atoms with Crippen LogP contribution in [-0.2, 0) is 0 Å². The maximum atomic E-state index is 2.88. The molecule has 0 unspecified atom stereocenters. The Morgan fingerprint density at radius 1 is 0.692 bits per heavy atom. The number of hydrogen-bond donors (Lipinski definition) is 0. The molecule has 1 saturated heterocycles. The van der Waals surface area contributed by atoms with Gasteiger partial charge in [-0.25, -0.2) is 0 Å². The van der Waals surface area contributed by atoms with Gasteiger partial charge in [0.15, 0.2) is 9.84 Å². The molecule has 1 aliphatic heterocycles. The van der Waals surface area contributed by atoms with Crippen LogP contribution in [0.15, 0.2) is 0 Å². The largest absolute Gasteiger partial charge is 0.340 e. The van der Waals surface area contributed by atoms with E-state index in [-0.39, 0.29) is 28.2 Å². The zero-order valence-electron chi connectivity index (χ0n) is 10.0. The molecule has 0 amide bonds. The fraction of sp³-hybridized carbons (Fsp3) is 1.00. The molecular weight excluding hydrogens is 208 g/mol. The summed E-state index contributed by atoms with van der Waals surface area (Å²) >= 11 is 0. The lowest BCUT2D eigenvalue weighted by atomic mass is 10.1. The standard InChI is InChI=1S/C8H24N2Si3/c1-7(2,3)9-11-10(13-12-9)8(4,5)6/h11-13H2,1-6H3.